The molecule has 0 aliphatic rings. The highest BCUT2D eigenvalue weighted by molar-refractivity contribution is 7.85. The highest BCUT2D eigenvalue weighted by atomic mass is 32.2. The Hall–Kier alpha value is -3.07. The van der Waals surface area contributed by atoms with Crippen LogP contribution in [0.5, 0.6) is 0 Å². The van der Waals surface area contributed by atoms with E-state index in [1.807, 2.05) is 0 Å². The van der Waals surface area contributed by atoms with Crippen molar-refractivity contribution in [2.24, 2.45) is 5.16 Å². The zero-order valence-electron chi connectivity index (χ0n) is 14.5. The summed E-state index contributed by atoms with van der Waals surface area (Å²) in [5, 5.41) is 2.87. The van der Waals surface area contributed by atoms with Gasteiger partial charge in [-0.05, 0) is 6.07 Å². The zero-order chi connectivity index (χ0) is 20.4. The highest BCUT2D eigenvalue weighted by Crippen LogP contribution is 2.36. The normalized spacial score (nSPS) is 12.8. The number of hydrogen-bond donors (Lipinski definition) is 0. The number of rotatable bonds is 5. The molecule has 0 radical (unpaired) electrons. The molecule has 146 valence electrons. The van der Waals surface area contributed by atoms with Crippen molar-refractivity contribution in [1.82, 2.24) is 0 Å². The van der Waals surface area contributed by atoms with Gasteiger partial charge < -0.3 is 4.42 Å². The molecule has 0 aliphatic heterocycles. The lowest BCUT2D eigenvalue weighted by molar-refractivity contribution is -0.0596. The zero-order valence-corrected chi connectivity index (χ0v) is 15.3. The van der Waals surface area contributed by atoms with Crippen LogP contribution in [0.25, 0.3) is 22.6 Å². The van der Waals surface area contributed by atoms with Crippen LogP contribution in [0.15, 0.2) is 76.3 Å². The van der Waals surface area contributed by atoms with Crippen LogP contribution in [0.1, 0.15) is 5.56 Å². The minimum atomic E-state index is -4.98. The standard InChI is InChI=1S/C19H14F3NO4S/c1-28(24,25)27-23-18(19(20,21)22)15-12-16(13-8-4-2-5-9-13)26-17(15)14-10-6-3-7-11-14/h2-12H,1H3/b23-18+. The van der Waals surface area contributed by atoms with E-state index in [9.17, 15) is 21.6 Å². The molecule has 3 aromatic rings. The summed E-state index contributed by atoms with van der Waals surface area (Å²) in [5.41, 5.74) is -1.02. The molecule has 0 N–H and O–H groups in total. The van der Waals surface area contributed by atoms with Crippen molar-refractivity contribution >= 4 is 15.8 Å². The summed E-state index contributed by atoms with van der Waals surface area (Å²) in [6.45, 7) is 0. The maximum atomic E-state index is 13.6. The summed E-state index contributed by atoms with van der Waals surface area (Å²) in [6, 6.07) is 17.8. The first-order valence-corrected chi connectivity index (χ1v) is 9.75. The van der Waals surface area contributed by atoms with Crippen molar-refractivity contribution in [1.29, 1.82) is 0 Å². The van der Waals surface area contributed by atoms with Gasteiger partial charge in [-0.25, -0.2) is 0 Å². The number of furan rings is 1. The smallest absolute Gasteiger partial charge is 0.437 e. The molecule has 0 atom stereocenters. The van der Waals surface area contributed by atoms with Crippen LogP contribution in [0.3, 0.4) is 0 Å². The van der Waals surface area contributed by atoms with Gasteiger partial charge in [0.05, 0.1) is 11.8 Å². The molecular weight excluding hydrogens is 395 g/mol. The molecule has 2 aromatic carbocycles. The maximum Gasteiger partial charge on any atom is 0.437 e. The first-order valence-electron chi connectivity index (χ1n) is 7.94. The van der Waals surface area contributed by atoms with Crippen molar-refractivity contribution in [2.75, 3.05) is 6.26 Å². The second kappa shape index (κ2) is 7.51. The number of nitrogens with zero attached hydrogens (tertiary/aromatic N) is 1. The lowest BCUT2D eigenvalue weighted by atomic mass is 10.0. The molecule has 5 nitrogen and oxygen atoms in total. The third-order valence-corrected chi connectivity index (χ3v) is 3.96. The van der Waals surface area contributed by atoms with Crippen molar-refractivity contribution < 1.29 is 30.3 Å². The summed E-state index contributed by atoms with van der Waals surface area (Å²) in [4.78, 5) is 0. The molecule has 3 rings (SSSR count). The SMILES string of the molecule is CS(=O)(=O)O/N=C(\c1cc(-c2ccccc2)oc1-c1ccccc1)C(F)(F)F. The maximum absolute atomic E-state index is 13.6. The molecule has 28 heavy (non-hydrogen) atoms. The van der Waals surface area contributed by atoms with E-state index in [-0.39, 0.29) is 11.5 Å². The number of benzene rings is 2. The van der Waals surface area contributed by atoms with E-state index in [1.54, 1.807) is 60.7 Å². The summed E-state index contributed by atoms with van der Waals surface area (Å²) in [6.07, 6.45) is -4.38. The Morgan fingerprint density at radius 1 is 0.964 bits per heavy atom. The molecule has 0 spiro atoms. The molecule has 1 heterocycles. The predicted molar refractivity (Wildman–Crippen MR) is 98.1 cm³/mol. The van der Waals surface area contributed by atoms with Gasteiger partial charge in [0.15, 0.2) is 5.71 Å². The minimum absolute atomic E-state index is 0.104. The van der Waals surface area contributed by atoms with Crippen molar-refractivity contribution in [3.63, 3.8) is 0 Å². The molecule has 0 unspecified atom stereocenters. The Morgan fingerprint density at radius 2 is 1.50 bits per heavy atom. The van der Waals surface area contributed by atoms with Gasteiger partial charge in [0.25, 0.3) is 0 Å². The fourth-order valence-electron chi connectivity index (χ4n) is 2.47. The molecule has 9 heteroatoms. The second-order valence-corrected chi connectivity index (χ2v) is 7.36. The molecule has 0 amide bonds. The predicted octanol–water partition coefficient (Wildman–Crippen LogP) is 4.86. The van der Waals surface area contributed by atoms with Crippen LogP contribution in [0.4, 0.5) is 13.2 Å². The van der Waals surface area contributed by atoms with Crippen LogP contribution >= 0.6 is 0 Å². The Balaban J connectivity index is 2.23. The lowest BCUT2D eigenvalue weighted by Crippen LogP contribution is -2.25. The summed E-state index contributed by atoms with van der Waals surface area (Å²) in [5.74, 6) is 0.0680. The first-order chi connectivity index (χ1) is 13.1. The Morgan fingerprint density at radius 3 is 2.00 bits per heavy atom. The monoisotopic (exact) mass is 409 g/mol. The number of oxime groups is 1. The topological polar surface area (TPSA) is 68.9 Å². The molecule has 0 fully saturated rings. The molecule has 0 saturated heterocycles. The second-order valence-electron chi connectivity index (χ2n) is 5.80. The molecule has 1 aromatic heterocycles. The summed E-state index contributed by atoms with van der Waals surface area (Å²) in [7, 11) is -4.23. The van der Waals surface area contributed by atoms with Gasteiger partial charge in [-0.2, -0.15) is 21.6 Å². The lowest BCUT2D eigenvalue weighted by Gasteiger charge is -2.09. The summed E-state index contributed by atoms with van der Waals surface area (Å²) < 4.78 is 73.0. The summed E-state index contributed by atoms with van der Waals surface area (Å²) >= 11 is 0. The van der Waals surface area contributed by atoms with Crippen molar-refractivity contribution in [3.05, 3.63) is 72.3 Å². The van der Waals surface area contributed by atoms with Crippen LogP contribution in [0.2, 0.25) is 0 Å². The van der Waals surface area contributed by atoms with Crippen LogP contribution < -0.4 is 0 Å². The van der Waals surface area contributed by atoms with Crippen molar-refractivity contribution in [3.8, 4) is 22.6 Å². The molecule has 0 bridgehead atoms. The van der Waals surface area contributed by atoms with Gasteiger partial charge in [-0.15, -0.1) is 0 Å². The average Bonchev–Trinajstić information content (AvgIpc) is 3.06. The number of halogens is 3. The van der Waals surface area contributed by atoms with E-state index in [4.69, 9.17) is 4.42 Å². The van der Waals surface area contributed by atoms with Gasteiger partial charge in [-0.1, -0.05) is 65.8 Å². The van der Waals surface area contributed by atoms with E-state index in [0.29, 0.717) is 17.4 Å². The highest BCUT2D eigenvalue weighted by Gasteiger charge is 2.41. The molecular formula is C19H14F3NO4S. The van der Waals surface area contributed by atoms with Crippen LogP contribution in [-0.2, 0) is 14.4 Å². The largest absolute Gasteiger partial charge is 0.455 e. The fraction of sp³-hybridized carbons (Fsp3) is 0.105. The van der Waals surface area contributed by atoms with Crippen LogP contribution in [0, 0.1) is 0 Å². The minimum Gasteiger partial charge on any atom is -0.455 e. The third-order valence-electron chi connectivity index (χ3n) is 3.61. The number of alkyl halides is 3. The van der Waals surface area contributed by atoms with Gasteiger partial charge in [0.1, 0.15) is 11.5 Å². The Kier molecular flexibility index (Phi) is 5.28. The molecule has 0 saturated carbocycles. The van der Waals surface area contributed by atoms with E-state index in [0.717, 1.165) is 6.07 Å². The number of hydrogen-bond acceptors (Lipinski definition) is 5. The first kappa shape index (κ1) is 19.7. The fourth-order valence-corrected chi connectivity index (χ4v) is 2.68. The third kappa shape index (κ3) is 4.61. The van der Waals surface area contributed by atoms with E-state index in [2.05, 4.69) is 9.44 Å². The van der Waals surface area contributed by atoms with Gasteiger partial charge in [0.2, 0.25) is 0 Å². The van der Waals surface area contributed by atoms with E-state index >= 15 is 0 Å². The van der Waals surface area contributed by atoms with Gasteiger partial charge in [0, 0.05) is 11.1 Å². The van der Waals surface area contributed by atoms with E-state index < -0.39 is 27.6 Å². The molecule has 0 aliphatic carbocycles. The van der Waals surface area contributed by atoms with Gasteiger partial charge in [-0.3, -0.25) is 4.28 Å². The average molecular weight is 409 g/mol. The Bertz CT molecular complexity index is 1090. The van der Waals surface area contributed by atoms with Crippen molar-refractivity contribution in [2.45, 2.75) is 6.18 Å². The Labute approximate surface area is 159 Å². The van der Waals surface area contributed by atoms with Crippen LogP contribution in [-0.4, -0.2) is 26.6 Å². The van der Waals surface area contributed by atoms with E-state index in [1.165, 1.54) is 0 Å². The quantitative estimate of drug-likeness (QED) is 0.446. The van der Waals surface area contributed by atoms with Gasteiger partial charge >= 0.3 is 16.3 Å².